The zero-order chi connectivity index (χ0) is 17.8. The highest BCUT2D eigenvalue weighted by Gasteiger charge is 2.17. The van der Waals surface area contributed by atoms with Crippen LogP contribution >= 0.6 is 0 Å². The zero-order valence-corrected chi connectivity index (χ0v) is 14.0. The molecule has 128 valence electrons. The average molecular weight is 338 g/mol. The number of para-hydroxylation sites is 1. The number of aromatic nitrogens is 2. The molecule has 0 aliphatic rings. The van der Waals surface area contributed by atoms with Crippen LogP contribution in [0.4, 0.5) is 0 Å². The first-order valence-electron chi connectivity index (χ1n) is 7.90. The molecule has 1 atom stereocenters. The van der Waals surface area contributed by atoms with Crippen molar-refractivity contribution in [1.82, 2.24) is 9.38 Å². The minimum atomic E-state index is -0.758. The van der Waals surface area contributed by atoms with Crippen molar-refractivity contribution >= 4 is 11.6 Å². The summed E-state index contributed by atoms with van der Waals surface area (Å²) in [4.78, 5) is 28.5. The number of esters is 1. The van der Waals surface area contributed by atoms with Gasteiger partial charge in [0.1, 0.15) is 18.0 Å². The zero-order valence-electron chi connectivity index (χ0n) is 14.0. The van der Waals surface area contributed by atoms with E-state index in [4.69, 9.17) is 9.47 Å². The summed E-state index contributed by atoms with van der Waals surface area (Å²) < 4.78 is 12.2. The lowest BCUT2D eigenvalue weighted by atomic mass is 10.3. The lowest BCUT2D eigenvalue weighted by Crippen LogP contribution is -2.26. The fraction of sp³-hybridized carbons (Fsp3) is 0.211. The molecule has 0 amide bonds. The number of pyridine rings is 1. The van der Waals surface area contributed by atoms with E-state index in [0.717, 1.165) is 5.56 Å². The largest absolute Gasteiger partial charge is 0.479 e. The van der Waals surface area contributed by atoms with Gasteiger partial charge in [0.2, 0.25) is 0 Å². The van der Waals surface area contributed by atoms with Crippen LogP contribution in [0.15, 0.2) is 59.5 Å². The summed E-state index contributed by atoms with van der Waals surface area (Å²) in [6, 6.07) is 14.0. The van der Waals surface area contributed by atoms with Crippen molar-refractivity contribution in [3.8, 4) is 5.75 Å². The Kier molecular flexibility index (Phi) is 4.79. The Morgan fingerprint density at radius 2 is 1.96 bits per heavy atom. The molecule has 6 nitrogen and oxygen atoms in total. The minimum Gasteiger partial charge on any atom is -0.479 e. The van der Waals surface area contributed by atoms with Crippen molar-refractivity contribution in [2.75, 3.05) is 0 Å². The summed E-state index contributed by atoms with van der Waals surface area (Å²) in [6.45, 7) is 3.43. The number of hydrogen-bond donors (Lipinski definition) is 0. The summed E-state index contributed by atoms with van der Waals surface area (Å²) in [6.07, 6.45) is 0.961. The van der Waals surface area contributed by atoms with Gasteiger partial charge in [0.25, 0.3) is 5.56 Å². The predicted molar refractivity (Wildman–Crippen MR) is 92.5 cm³/mol. The van der Waals surface area contributed by atoms with Crippen molar-refractivity contribution < 1.29 is 14.3 Å². The Hall–Kier alpha value is -3.15. The second kappa shape index (κ2) is 7.17. The van der Waals surface area contributed by atoms with Gasteiger partial charge in [0, 0.05) is 12.3 Å². The Morgan fingerprint density at radius 3 is 2.72 bits per heavy atom. The van der Waals surface area contributed by atoms with Crippen LogP contribution in [0.3, 0.4) is 0 Å². The second-order valence-corrected chi connectivity index (χ2v) is 5.70. The summed E-state index contributed by atoms with van der Waals surface area (Å²) in [5.41, 5.74) is 1.66. The van der Waals surface area contributed by atoms with Crippen LogP contribution in [0.5, 0.6) is 5.75 Å². The van der Waals surface area contributed by atoms with Crippen LogP contribution < -0.4 is 10.3 Å². The molecule has 6 heteroatoms. The van der Waals surface area contributed by atoms with Crippen LogP contribution in [0.25, 0.3) is 5.65 Å². The first-order chi connectivity index (χ1) is 12.0. The van der Waals surface area contributed by atoms with E-state index in [-0.39, 0.29) is 12.2 Å². The number of hydrogen-bond acceptors (Lipinski definition) is 5. The van der Waals surface area contributed by atoms with Crippen LogP contribution in [0, 0.1) is 6.92 Å². The highest BCUT2D eigenvalue weighted by molar-refractivity contribution is 5.74. The maximum atomic E-state index is 12.1. The highest BCUT2D eigenvalue weighted by Crippen LogP contribution is 2.12. The monoisotopic (exact) mass is 338 g/mol. The molecule has 3 rings (SSSR count). The van der Waals surface area contributed by atoms with Crippen molar-refractivity contribution in [2.45, 2.75) is 26.6 Å². The molecule has 3 aromatic rings. The van der Waals surface area contributed by atoms with Gasteiger partial charge in [-0.1, -0.05) is 24.3 Å². The molecular weight excluding hydrogens is 320 g/mol. The molecule has 2 heterocycles. The summed E-state index contributed by atoms with van der Waals surface area (Å²) in [5, 5.41) is 0. The van der Waals surface area contributed by atoms with Gasteiger partial charge in [-0.05, 0) is 37.6 Å². The van der Waals surface area contributed by atoms with Gasteiger partial charge in [-0.25, -0.2) is 9.78 Å². The molecule has 1 aromatic carbocycles. The van der Waals surface area contributed by atoms with E-state index in [9.17, 15) is 9.59 Å². The molecule has 0 bridgehead atoms. The van der Waals surface area contributed by atoms with Crippen LogP contribution in [0.1, 0.15) is 18.2 Å². The lowest BCUT2D eigenvalue weighted by Gasteiger charge is -2.13. The van der Waals surface area contributed by atoms with Crippen molar-refractivity contribution in [3.05, 3.63) is 76.3 Å². The second-order valence-electron chi connectivity index (χ2n) is 5.70. The Morgan fingerprint density at radius 1 is 1.20 bits per heavy atom. The lowest BCUT2D eigenvalue weighted by molar-refractivity contribution is -0.152. The number of carbonyl (C=O) groups excluding carboxylic acids is 1. The first kappa shape index (κ1) is 16.7. The third-order valence-corrected chi connectivity index (χ3v) is 3.61. The van der Waals surface area contributed by atoms with Crippen molar-refractivity contribution in [2.24, 2.45) is 0 Å². The van der Waals surface area contributed by atoms with E-state index in [2.05, 4.69) is 4.98 Å². The van der Waals surface area contributed by atoms with Crippen molar-refractivity contribution in [1.29, 1.82) is 0 Å². The minimum absolute atomic E-state index is 0.0824. The van der Waals surface area contributed by atoms with Gasteiger partial charge in [-0.2, -0.15) is 0 Å². The molecule has 0 aliphatic carbocycles. The molecule has 0 unspecified atom stereocenters. The third kappa shape index (κ3) is 4.03. The van der Waals surface area contributed by atoms with Gasteiger partial charge >= 0.3 is 5.97 Å². The molecule has 0 saturated carbocycles. The van der Waals surface area contributed by atoms with E-state index in [1.807, 2.05) is 31.2 Å². The molecule has 25 heavy (non-hydrogen) atoms. The summed E-state index contributed by atoms with van der Waals surface area (Å²) in [5.74, 6) is 0.0687. The van der Waals surface area contributed by atoms with E-state index in [1.54, 1.807) is 31.3 Å². The number of rotatable bonds is 5. The molecule has 0 saturated heterocycles. The van der Waals surface area contributed by atoms with E-state index < -0.39 is 12.1 Å². The molecular formula is C19H18N2O4. The highest BCUT2D eigenvalue weighted by atomic mass is 16.6. The van der Waals surface area contributed by atoms with E-state index in [0.29, 0.717) is 17.1 Å². The summed E-state index contributed by atoms with van der Waals surface area (Å²) >= 11 is 0. The van der Waals surface area contributed by atoms with Crippen LogP contribution in [-0.2, 0) is 16.1 Å². The maximum Gasteiger partial charge on any atom is 0.347 e. The predicted octanol–water partition coefficient (Wildman–Crippen LogP) is 2.51. The molecule has 0 spiro atoms. The maximum absolute atomic E-state index is 12.1. The van der Waals surface area contributed by atoms with Gasteiger partial charge in [-0.15, -0.1) is 0 Å². The van der Waals surface area contributed by atoms with Gasteiger partial charge in [0.05, 0.1) is 5.69 Å². The Labute approximate surface area is 144 Å². The molecule has 0 aliphatic heterocycles. The first-order valence-corrected chi connectivity index (χ1v) is 7.90. The number of nitrogens with zero attached hydrogens (tertiary/aromatic N) is 2. The number of benzene rings is 1. The fourth-order valence-corrected chi connectivity index (χ4v) is 2.35. The molecule has 0 radical (unpaired) electrons. The van der Waals surface area contributed by atoms with Crippen LogP contribution in [-0.4, -0.2) is 21.5 Å². The summed E-state index contributed by atoms with van der Waals surface area (Å²) in [7, 11) is 0. The third-order valence-electron chi connectivity index (χ3n) is 3.61. The molecule has 0 fully saturated rings. The SMILES string of the molecule is Cc1ccc2nc(COC(=O)[C@@H](C)Oc3ccccc3)cc(=O)n2c1. The normalized spacial score (nSPS) is 11.9. The van der Waals surface area contributed by atoms with E-state index >= 15 is 0 Å². The topological polar surface area (TPSA) is 69.9 Å². The van der Waals surface area contributed by atoms with Gasteiger partial charge in [-0.3, -0.25) is 9.20 Å². The number of aryl methyl sites for hydroxylation is 1. The van der Waals surface area contributed by atoms with Crippen molar-refractivity contribution in [3.63, 3.8) is 0 Å². The standard InChI is InChI=1S/C19H18N2O4/c1-13-8-9-17-20-15(10-18(22)21(17)11-13)12-24-19(23)14(2)25-16-6-4-3-5-7-16/h3-11,14H,12H2,1-2H3/t14-/m1/s1. The Bertz CT molecular complexity index is 951. The smallest absolute Gasteiger partial charge is 0.347 e. The quantitative estimate of drug-likeness (QED) is 0.669. The van der Waals surface area contributed by atoms with Gasteiger partial charge < -0.3 is 9.47 Å². The number of ether oxygens (including phenoxy) is 2. The Balaban J connectivity index is 1.66. The molecule has 2 aromatic heterocycles. The number of fused-ring (bicyclic) bond motifs is 1. The average Bonchev–Trinajstić information content (AvgIpc) is 2.61. The van der Waals surface area contributed by atoms with E-state index in [1.165, 1.54) is 10.5 Å². The van der Waals surface area contributed by atoms with Gasteiger partial charge in [0.15, 0.2) is 6.10 Å². The number of carbonyl (C=O) groups is 1. The van der Waals surface area contributed by atoms with Crippen LogP contribution in [0.2, 0.25) is 0 Å². The molecule has 0 N–H and O–H groups in total. The fourth-order valence-electron chi connectivity index (χ4n) is 2.35.